The highest BCUT2D eigenvalue weighted by Crippen LogP contribution is 2.04. The Morgan fingerprint density at radius 3 is 2.77 bits per heavy atom. The minimum absolute atomic E-state index is 0.130. The Labute approximate surface area is 78.6 Å². The van der Waals surface area contributed by atoms with Gasteiger partial charge in [-0.15, -0.1) is 0 Å². The molecule has 0 fully saturated rings. The predicted octanol–water partition coefficient (Wildman–Crippen LogP) is 1.02. The zero-order chi connectivity index (χ0) is 9.73. The van der Waals surface area contributed by atoms with E-state index in [4.69, 9.17) is 5.73 Å². The Bertz CT molecular complexity index is 240. The lowest BCUT2D eigenvalue weighted by Gasteiger charge is -2.18. The maximum absolute atomic E-state index is 5.82. The van der Waals surface area contributed by atoms with Gasteiger partial charge in [-0.25, -0.2) is 4.98 Å². The summed E-state index contributed by atoms with van der Waals surface area (Å²) in [7, 11) is 0. The quantitative estimate of drug-likeness (QED) is 0.726. The summed E-state index contributed by atoms with van der Waals surface area (Å²) in [5.74, 6) is 0.798. The van der Waals surface area contributed by atoms with Crippen molar-refractivity contribution >= 4 is 5.82 Å². The van der Waals surface area contributed by atoms with Gasteiger partial charge in [0, 0.05) is 24.5 Å². The Balaban J connectivity index is 2.29. The van der Waals surface area contributed by atoms with Crippen molar-refractivity contribution in [1.29, 1.82) is 0 Å². The van der Waals surface area contributed by atoms with E-state index in [9.17, 15) is 0 Å². The summed E-state index contributed by atoms with van der Waals surface area (Å²) in [6.07, 6.45) is 5.92. The third kappa shape index (κ3) is 4.42. The fraction of sp³-hybridized carbons (Fsp3) is 0.556. The fourth-order valence-corrected chi connectivity index (χ4v) is 0.903. The van der Waals surface area contributed by atoms with Gasteiger partial charge in [-0.2, -0.15) is 0 Å². The topological polar surface area (TPSA) is 63.8 Å². The first-order chi connectivity index (χ1) is 6.08. The first-order valence-electron chi connectivity index (χ1n) is 4.37. The van der Waals surface area contributed by atoms with Gasteiger partial charge in [0.05, 0.1) is 6.20 Å². The van der Waals surface area contributed by atoms with Crippen molar-refractivity contribution < 1.29 is 0 Å². The highest BCUT2D eigenvalue weighted by Gasteiger charge is 2.09. The molecular weight excluding hydrogens is 164 g/mol. The fourth-order valence-electron chi connectivity index (χ4n) is 0.903. The predicted molar refractivity (Wildman–Crippen MR) is 53.4 cm³/mol. The maximum atomic E-state index is 5.82. The second-order valence-electron chi connectivity index (χ2n) is 3.76. The van der Waals surface area contributed by atoms with Crippen LogP contribution in [0, 0.1) is 0 Å². The number of nitrogens with zero attached hydrogens (tertiary/aromatic N) is 2. The number of nitrogens with two attached hydrogens (primary N) is 1. The Hall–Kier alpha value is -1.16. The van der Waals surface area contributed by atoms with Crippen LogP contribution in [0.25, 0.3) is 0 Å². The molecule has 0 aromatic carbocycles. The molecule has 1 rings (SSSR count). The van der Waals surface area contributed by atoms with Crippen molar-refractivity contribution in [2.75, 3.05) is 11.9 Å². The van der Waals surface area contributed by atoms with Gasteiger partial charge >= 0.3 is 0 Å². The van der Waals surface area contributed by atoms with E-state index in [0.717, 1.165) is 18.8 Å². The normalized spacial score (nSPS) is 11.3. The van der Waals surface area contributed by atoms with E-state index in [1.807, 2.05) is 13.8 Å². The highest BCUT2D eigenvalue weighted by atomic mass is 15.0. The monoisotopic (exact) mass is 180 g/mol. The van der Waals surface area contributed by atoms with Crippen LogP contribution in [0.4, 0.5) is 5.82 Å². The molecule has 1 aromatic heterocycles. The van der Waals surface area contributed by atoms with Gasteiger partial charge in [0.15, 0.2) is 0 Å². The highest BCUT2D eigenvalue weighted by molar-refractivity contribution is 5.29. The van der Waals surface area contributed by atoms with Crippen LogP contribution in [-0.2, 0) is 0 Å². The molecule has 4 heteroatoms. The summed E-state index contributed by atoms with van der Waals surface area (Å²) < 4.78 is 0. The van der Waals surface area contributed by atoms with E-state index in [1.54, 1.807) is 18.6 Å². The molecule has 0 aliphatic rings. The Kier molecular flexibility index (Phi) is 3.19. The summed E-state index contributed by atoms with van der Waals surface area (Å²) in [5.41, 5.74) is 5.69. The molecule has 1 heterocycles. The summed E-state index contributed by atoms with van der Waals surface area (Å²) in [6, 6.07) is 0. The van der Waals surface area contributed by atoms with Crippen molar-refractivity contribution in [3.63, 3.8) is 0 Å². The van der Waals surface area contributed by atoms with Gasteiger partial charge in [0.1, 0.15) is 5.82 Å². The molecule has 0 unspecified atom stereocenters. The van der Waals surface area contributed by atoms with Crippen LogP contribution in [0.5, 0.6) is 0 Å². The van der Waals surface area contributed by atoms with Crippen molar-refractivity contribution in [2.45, 2.75) is 25.8 Å². The molecule has 0 saturated heterocycles. The van der Waals surface area contributed by atoms with Crippen molar-refractivity contribution in [2.24, 2.45) is 5.73 Å². The van der Waals surface area contributed by atoms with Gasteiger partial charge in [0.2, 0.25) is 0 Å². The Morgan fingerprint density at radius 2 is 2.23 bits per heavy atom. The molecule has 13 heavy (non-hydrogen) atoms. The van der Waals surface area contributed by atoms with Crippen molar-refractivity contribution in [1.82, 2.24) is 9.97 Å². The van der Waals surface area contributed by atoms with Crippen molar-refractivity contribution in [3.05, 3.63) is 18.6 Å². The average molecular weight is 180 g/mol. The molecule has 0 saturated carbocycles. The number of anilines is 1. The van der Waals surface area contributed by atoms with E-state index in [0.29, 0.717) is 0 Å². The lowest BCUT2D eigenvalue weighted by atomic mass is 10.0. The lowest BCUT2D eigenvalue weighted by molar-refractivity contribution is 0.490. The molecule has 0 atom stereocenters. The van der Waals surface area contributed by atoms with E-state index in [2.05, 4.69) is 15.3 Å². The molecular formula is C9H16N4. The van der Waals surface area contributed by atoms with E-state index < -0.39 is 0 Å². The van der Waals surface area contributed by atoms with E-state index in [-0.39, 0.29) is 5.54 Å². The Morgan fingerprint density at radius 1 is 1.46 bits per heavy atom. The largest absolute Gasteiger partial charge is 0.369 e. The van der Waals surface area contributed by atoms with Crippen LogP contribution in [0.1, 0.15) is 20.3 Å². The van der Waals surface area contributed by atoms with Crippen LogP contribution in [0.3, 0.4) is 0 Å². The van der Waals surface area contributed by atoms with Gasteiger partial charge in [-0.05, 0) is 20.3 Å². The summed E-state index contributed by atoms with van der Waals surface area (Å²) in [5, 5.41) is 3.15. The minimum atomic E-state index is -0.130. The molecule has 0 spiro atoms. The van der Waals surface area contributed by atoms with Crippen LogP contribution in [0.15, 0.2) is 18.6 Å². The zero-order valence-corrected chi connectivity index (χ0v) is 8.12. The zero-order valence-electron chi connectivity index (χ0n) is 8.12. The van der Waals surface area contributed by atoms with Gasteiger partial charge in [-0.1, -0.05) is 0 Å². The van der Waals surface area contributed by atoms with E-state index >= 15 is 0 Å². The van der Waals surface area contributed by atoms with E-state index in [1.165, 1.54) is 0 Å². The number of nitrogens with one attached hydrogen (secondary N) is 1. The maximum Gasteiger partial charge on any atom is 0.144 e. The van der Waals surface area contributed by atoms with Gasteiger partial charge in [0.25, 0.3) is 0 Å². The first kappa shape index (κ1) is 9.92. The van der Waals surface area contributed by atoms with Crippen LogP contribution < -0.4 is 11.1 Å². The minimum Gasteiger partial charge on any atom is -0.369 e. The standard InChI is InChI=1S/C9H16N4/c1-9(2,10)3-4-12-8-7-11-5-6-13-8/h5-7H,3-4,10H2,1-2H3,(H,12,13). The van der Waals surface area contributed by atoms with Crippen LogP contribution in [-0.4, -0.2) is 22.1 Å². The van der Waals surface area contributed by atoms with Gasteiger partial charge < -0.3 is 11.1 Å². The number of aromatic nitrogens is 2. The molecule has 0 aliphatic heterocycles. The second kappa shape index (κ2) is 4.18. The lowest BCUT2D eigenvalue weighted by Crippen LogP contribution is -2.34. The summed E-state index contributed by atoms with van der Waals surface area (Å²) >= 11 is 0. The third-order valence-electron chi connectivity index (χ3n) is 1.64. The molecule has 4 nitrogen and oxygen atoms in total. The smallest absolute Gasteiger partial charge is 0.144 e. The number of rotatable bonds is 4. The SMILES string of the molecule is CC(C)(N)CCNc1cnccn1. The summed E-state index contributed by atoms with van der Waals surface area (Å²) in [4.78, 5) is 8.03. The molecule has 0 amide bonds. The van der Waals surface area contributed by atoms with Gasteiger partial charge in [-0.3, -0.25) is 4.98 Å². The van der Waals surface area contributed by atoms with Crippen LogP contribution >= 0.6 is 0 Å². The van der Waals surface area contributed by atoms with Crippen LogP contribution in [0.2, 0.25) is 0 Å². The summed E-state index contributed by atoms with van der Waals surface area (Å²) in [6.45, 7) is 4.83. The molecule has 72 valence electrons. The average Bonchev–Trinajstić information content (AvgIpc) is 2.04. The van der Waals surface area contributed by atoms with Crippen molar-refractivity contribution in [3.8, 4) is 0 Å². The number of hydrogen-bond acceptors (Lipinski definition) is 4. The molecule has 0 bridgehead atoms. The number of hydrogen-bond donors (Lipinski definition) is 2. The molecule has 3 N–H and O–H groups in total. The molecule has 0 aliphatic carbocycles. The third-order valence-corrected chi connectivity index (χ3v) is 1.64. The molecule has 1 aromatic rings. The second-order valence-corrected chi connectivity index (χ2v) is 3.76. The molecule has 0 radical (unpaired) electrons. The first-order valence-corrected chi connectivity index (χ1v) is 4.37.